The summed E-state index contributed by atoms with van der Waals surface area (Å²) in [5, 5.41) is 0. The van der Waals surface area contributed by atoms with Crippen LogP contribution in [-0.4, -0.2) is 16.6 Å². The van der Waals surface area contributed by atoms with Crippen molar-refractivity contribution in [1.82, 2.24) is 9.97 Å². The van der Waals surface area contributed by atoms with Crippen molar-refractivity contribution in [2.75, 3.05) is 6.61 Å². The number of nitrogens with one attached hydrogen (secondary N) is 1. The molecule has 1 aliphatic rings. The fraction of sp³-hybridized carbons (Fsp3) is 0.429. The highest BCUT2D eigenvalue weighted by Gasteiger charge is 2.10. The fourth-order valence-corrected chi connectivity index (χ4v) is 1.42. The molecule has 0 spiro atoms. The van der Waals surface area contributed by atoms with Gasteiger partial charge in [-0.15, -0.1) is 0 Å². The molecule has 0 radical (unpaired) electrons. The van der Waals surface area contributed by atoms with Gasteiger partial charge in [-0.3, -0.25) is 0 Å². The highest BCUT2D eigenvalue weighted by molar-refractivity contribution is 7.71. The first kappa shape index (κ1) is 6.94. The van der Waals surface area contributed by atoms with E-state index in [0.29, 0.717) is 11.2 Å². The lowest BCUT2D eigenvalue weighted by Gasteiger charge is -2.14. The predicted molar refractivity (Wildman–Crippen MR) is 42.8 cm³/mol. The normalized spacial score (nSPS) is 16.0. The van der Waals surface area contributed by atoms with E-state index in [-0.39, 0.29) is 0 Å². The van der Waals surface area contributed by atoms with Gasteiger partial charge in [0.2, 0.25) is 0 Å². The molecule has 0 amide bonds. The molecule has 0 aromatic carbocycles. The van der Waals surface area contributed by atoms with Crippen LogP contribution in [0, 0.1) is 4.64 Å². The molecule has 58 valence electrons. The Morgan fingerprint density at radius 1 is 1.64 bits per heavy atom. The van der Waals surface area contributed by atoms with Crippen LogP contribution in [0.15, 0.2) is 6.33 Å². The summed E-state index contributed by atoms with van der Waals surface area (Å²) in [6.07, 6.45) is 2.56. The highest BCUT2D eigenvalue weighted by atomic mass is 32.1. The SMILES string of the molecule is S=c1nc[nH]c2c1COCC2. The Hall–Kier alpha value is -0.740. The maximum absolute atomic E-state index is 5.25. The van der Waals surface area contributed by atoms with Gasteiger partial charge in [0.15, 0.2) is 0 Å². The Kier molecular flexibility index (Phi) is 1.71. The number of fused-ring (bicyclic) bond motifs is 1. The van der Waals surface area contributed by atoms with Gasteiger partial charge in [0.1, 0.15) is 4.64 Å². The first-order valence-corrected chi connectivity index (χ1v) is 3.92. The van der Waals surface area contributed by atoms with E-state index in [9.17, 15) is 0 Å². The summed E-state index contributed by atoms with van der Waals surface area (Å²) < 4.78 is 5.92. The van der Waals surface area contributed by atoms with Crippen LogP contribution in [0.4, 0.5) is 0 Å². The van der Waals surface area contributed by atoms with Gasteiger partial charge < -0.3 is 9.72 Å². The maximum atomic E-state index is 5.25. The van der Waals surface area contributed by atoms with E-state index >= 15 is 0 Å². The van der Waals surface area contributed by atoms with Gasteiger partial charge in [-0.25, -0.2) is 4.98 Å². The van der Waals surface area contributed by atoms with Crippen LogP contribution in [0.1, 0.15) is 11.3 Å². The molecule has 1 aromatic heterocycles. The number of nitrogens with zero attached hydrogens (tertiary/aromatic N) is 1. The van der Waals surface area contributed by atoms with Gasteiger partial charge in [0.25, 0.3) is 0 Å². The summed E-state index contributed by atoms with van der Waals surface area (Å²) >= 11 is 5.03. The second-order valence-electron chi connectivity index (χ2n) is 2.47. The van der Waals surface area contributed by atoms with Gasteiger partial charge in [-0.2, -0.15) is 0 Å². The monoisotopic (exact) mass is 168 g/mol. The maximum Gasteiger partial charge on any atom is 0.135 e. The molecule has 1 aromatic rings. The van der Waals surface area contributed by atoms with E-state index in [1.165, 1.54) is 5.69 Å². The second kappa shape index (κ2) is 2.71. The number of hydrogen-bond acceptors (Lipinski definition) is 3. The highest BCUT2D eigenvalue weighted by Crippen LogP contribution is 2.13. The molecular weight excluding hydrogens is 160 g/mol. The summed E-state index contributed by atoms with van der Waals surface area (Å²) in [6, 6.07) is 0. The molecule has 0 saturated heterocycles. The number of aromatic amines is 1. The molecule has 0 bridgehead atoms. The molecule has 1 N–H and O–H groups in total. The molecule has 0 fully saturated rings. The second-order valence-corrected chi connectivity index (χ2v) is 2.85. The minimum atomic E-state index is 0.610. The van der Waals surface area contributed by atoms with E-state index < -0.39 is 0 Å². The van der Waals surface area contributed by atoms with Crippen molar-refractivity contribution in [3.63, 3.8) is 0 Å². The van der Waals surface area contributed by atoms with Crippen LogP contribution >= 0.6 is 12.2 Å². The van der Waals surface area contributed by atoms with Crippen molar-refractivity contribution >= 4 is 12.2 Å². The lowest BCUT2D eigenvalue weighted by Crippen LogP contribution is -2.12. The summed E-state index contributed by atoms with van der Waals surface area (Å²) in [5.74, 6) is 0. The van der Waals surface area contributed by atoms with Crippen LogP contribution < -0.4 is 0 Å². The van der Waals surface area contributed by atoms with Crippen molar-refractivity contribution in [1.29, 1.82) is 0 Å². The number of aromatic nitrogens is 2. The number of rotatable bonds is 0. The Morgan fingerprint density at radius 3 is 3.36 bits per heavy atom. The van der Waals surface area contributed by atoms with Crippen molar-refractivity contribution in [3.05, 3.63) is 22.2 Å². The molecular formula is C7H8N2OS. The molecule has 0 aliphatic carbocycles. The minimum Gasteiger partial charge on any atom is -0.376 e. The quantitative estimate of drug-likeness (QED) is 0.592. The van der Waals surface area contributed by atoms with E-state index in [2.05, 4.69) is 9.97 Å². The van der Waals surface area contributed by atoms with Crippen molar-refractivity contribution in [2.24, 2.45) is 0 Å². The summed E-state index contributed by atoms with van der Waals surface area (Å²) in [4.78, 5) is 7.04. The smallest absolute Gasteiger partial charge is 0.135 e. The van der Waals surface area contributed by atoms with Gasteiger partial charge in [-0.1, -0.05) is 12.2 Å². The van der Waals surface area contributed by atoms with Crippen molar-refractivity contribution in [2.45, 2.75) is 13.0 Å². The van der Waals surface area contributed by atoms with Crippen LogP contribution in [0.3, 0.4) is 0 Å². The van der Waals surface area contributed by atoms with E-state index in [4.69, 9.17) is 17.0 Å². The summed E-state index contributed by atoms with van der Waals surface area (Å²) in [6.45, 7) is 1.39. The standard InChI is InChI=1S/C7H8N2OS/c11-7-5-3-10-2-1-6(5)8-4-9-7/h4H,1-3H2,(H,8,9,11). The predicted octanol–water partition coefficient (Wildman–Crippen LogP) is 1.21. The Balaban J connectivity index is 2.58. The third-order valence-electron chi connectivity index (χ3n) is 1.79. The molecule has 0 atom stereocenters. The lowest BCUT2D eigenvalue weighted by molar-refractivity contribution is 0.108. The number of H-pyrrole nitrogens is 1. The van der Waals surface area contributed by atoms with Gasteiger partial charge in [0.05, 0.1) is 19.5 Å². The Bertz CT molecular complexity index is 320. The van der Waals surface area contributed by atoms with Crippen LogP contribution in [-0.2, 0) is 17.8 Å². The van der Waals surface area contributed by atoms with E-state index in [1.54, 1.807) is 6.33 Å². The van der Waals surface area contributed by atoms with Gasteiger partial charge in [-0.05, 0) is 0 Å². The first-order chi connectivity index (χ1) is 5.38. The average molecular weight is 168 g/mol. The summed E-state index contributed by atoms with van der Waals surface area (Å²) in [7, 11) is 0. The Morgan fingerprint density at radius 2 is 2.55 bits per heavy atom. The topological polar surface area (TPSA) is 37.9 Å². The zero-order chi connectivity index (χ0) is 7.68. The van der Waals surface area contributed by atoms with E-state index in [1.807, 2.05) is 0 Å². The zero-order valence-electron chi connectivity index (χ0n) is 5.96. The van der Waals surface area contributed by atoms with E-state index in [0.717, 1.165) is 18.6 Å². The summed E-state index contributed by atoms with van der Waals surface area (Å²) in [5.41, 5.74) is 2.23. The number of hydrogen-bond donors (Lipinski definition) is 1. The molecule has 3 nitrogen and oxygen atoms in total. The number of ether oxygens (including phenoxy) is 1. The Labute approximate surface area is 69.4 Å². The third kappa shape index (κ3) is 1.19. The van der Waals surface area contributed by atoms with Crippen LogP contribution in [0.25, 0.3) is 0 Å². The zero-order valence-corrected chi connectivity index (χ0v) is 6.78. The first-order valence-electron chi connectivity index (χ1n) is 3.51. The van der Waals surface area contributed by atoms with Gasteiger partial charge in [0, 0.05) is 17.7 Å². The fourth-order valence-electron chi connectivity index (χ4n) is 1.18. The molecule has 2 rings (SSSR count). The van der Waals surface area contributed by atoms with Crippen LogP contribution in [0.2, 0.25) is 0 Å². The average Bonchev–Trinajstić information content (AvgIpc) is 2.06. The molecule has 11 heavy (non-hydrogen) atoms. The molecule has 1 aliphatic heterocycles. The van der Waals surface area contributed by atoms with Gasteiger partial charge >= 0.3 is 0 Å². The van der Waals surface area contributed by atoms with Crippen molar-refractivity contribution < 1.29 is 4.74 Å². The minimum absolute atomic E-state index is 0.610. The molecule has 0 unspecified atom stereocenters. The largest absolute Gasteiger partial charge is 0.376 e. The van der Waals surface area contributed by atoms with Crippen LogP contribution in [0.5, 0.6) is 0 Å². The van der Waals surface area contributed by atoms with Crippen molar-refractivity contribution in [3.8, 4) is 0 Å². The molecule has 4 heteroatoms. The lowest BCUT2D eigenvalue weighted by atomic mass is 10.1. The molecule has 2 heterocycles. The molecule has 0 saturated carbocycles. The third-order valence-corrected chi connectivity index (χ3v) is 2.14.